The molecule has 0 bridgehead atoms. The summed E-state index contributed by atoms with van der Waals surface area (Å²) < 4.78 is 4.97. The van der Waals surface area contributed by atoms with Crippen molar-refractivity contribution in [2.24, 2.45) is 11.8 Å². The van der Waals surface area contributed by atoms with Crippen LogP contribution in [0.2, 0.25) is 5.02 Å². The van der Waals surface area contributed by atoms with Gasteiger partial charge < -0.3 is 4.74 Å². The summed E-state index contributed by atoms with van der Waals surface area (Å²) >= 11 is 7.39. The Morgan fingerprint density at radius 1 is 1.30 bits per heavy atom. The summed E-state index contributed by atoms with van der Waals surface area (Å²) in [6, 6.07) is 7.34. The van der Waals surface area contributed by atoms with Crippen LogP contribution in [-0.2, 0) is 14.3 Å². The van der Waals surface area contributed by atoms with E-state index in [9.17, 15) is 9.59 Å². The summed E-state index contributed by atoms with van der Waals surface area (Å²) in [6.45, 7) is 5.71. The smallest absolute Gasteiger partial charge is 0.316 e. The quantitative estimate of drug-likeness (QED) is 0.436. The molecule has 0 fully saturated rings. The van der Waals surface area contributed by atoms with Gasteiger partial charge in [0.2, 0.25) is 0 Å². The average molecular weight is 315 g/mol. The van der Waals surface area contributed by atoms with E-state index in [0.29, 0.717) is 5.02 Å². The summed E-state index contributed by atoms with van der Waals surface area (Å²) in [6.07, 6.45) is 0. The molecule has 0 aliphatic rings. The number of benzene rings is 1. The van der Waals surface area contributed by atoms with Crippen molar-refractivity contribution in [3.63, 3.8) is 0 Å². The first-order valence-corrected chi connectivity index (χ1v) is 7.90. The lowest BCUT2D eigenvalue weighted by atomic mass is 9.92. The first-order valence-electron chi connectivity index (χ1n) is 6.54. The lowest BCUT2D eigenvalue weighted by molar-refractivity contribution is -0.152. The Morgan fingerprint density at radius 3 is 2.50 bits per heavy atom. The Labute approximate surface area is 129 Å². The van der Waals surface area contributed by atoms with Crippen LogP contribution in [0.5, 0.6) is 0 Å². The summed E-state index contributed by atoms with van der Waals surface area (Å²) in [4.78, 5) is 24.9. The van der Waals surface area contributed by atoms with Gasteiger partial charge in [0.25, 0.3) is 0 Å². The molecule has 1 unspecified atom stereocenters. The molecule has 0 radical (unpaired) electrons. The van der Waals surface area contributed by atoms with Gasteiger partial charge in [0.05, 0.1) is 17.4 Å². The zero-order valence-electron chi connectivity index (χ0n) is 11.9. The number of Topliss-reactive ketones (excluding diaryl/α,β-unsaturated/α-hetero) is 1. The molecule has 5 heteroatoms. The fourth-order valence-electron chi connectivity index (χ4n) is 1.81. The maximum atomic E-state index is 12.2. The molecule has 0 aliphatic heterocycles. The molecule has 1 aromatic rings. The molecule has 1 rings (SSSR count). The van der Waals surface area contributed by atoms with E-state index in [2.05, 4.69) is 0 Å². The van der Waals surface area contributed by atoms with Crippen molar-refractivity contribution in [2.45, 2.75) is 25.7 Å². The van der Waals surface area contributed by atoms with Crippen LogP contribution in [0.25, 0.3) is 0 Å². The molecular formula is C15H19ClO3S. The predicted molar refractivity (Wildman–Crippen MR) is 82.1 cm³/mol. The highest BCUT2D eigenvalue weighted by Crippen LogP contribution is 2.28. The van der Waals surface area contributed by atoms with E-state index in [1.54, 1.807) is 13.0 Å². The van der Waals surface area contributed by atoms with E-state index >= 15 is 0 Å². The van der Waals surface area contributed by atoms with Crippen LogP contribution in [0.15, 0.2) is 29.2 Å². The number of ketones is 1. The Balaban J connectivity index is 2.68. The van der Waals surface area contributed by atoms with E-state index in [1.165, 1.54) is 11.8 Å². The highest BCUT2D eigenvalue weighted by atomic mass is 35.5. The van der Waals surface area contributed by atoms with Gasteiger partial charge in [-0.25, -0.2) is 0 Å². The molecule has 0 N–H and O–H groups in total. The normalized spacial score (nSPS) is 12.2. The van der Waals surface area contributed by atoms with Crippen molar-refractivity contribution < 1.29 is 14.3 Å². The minimum absolute atomic E-state index is 0.0756. The van der Waals surface area contributed by atoms with E-state index in [1.807, 2.05) is 32.0 Å². The van der Waals surface area contributed by atoms with Crippen molar-refractivity contribution >= 4 is 35.1 Å². The zero-order valence-corrected chi connectivity index (χ0v) is 13.5. The second-order valence-electron chi connectivity index (χ2n) is 4.66. The monoisotopic (exact) mass is 314 g/mol. The minimum atomic E-state index is -0.704. The predicted octanol–water partition coefficient (Wildman–Crippen LogP) is 3.84. The molecule has 0 spiro atoms. The van der Waals surface area contributed by atoms with Crippen molar-refractivity contribution in [3.05, 3.63) is 29.3 Å². The minimum Gasteiger partial charge on any atom is -0.465 e. The van der Waals surface area contributed by atoms with Gasteiger partial charge in [-0.3, -0.25) is 9.59 Å². The summed E-state index contributed by atoms with van der Waals surface area (Å²) in [5, 5.41) is 0.613. The van der Waals surface area contributed by atoms with Crippen molar-refractivity contribution in [3.8, 4) is 0 Å². The Morgan fingerprint density at radius 2 is 1.95 bits per heavy atom. The Hall–Kier alpha value is -1.00. The molecule has 0 amide bonds. The van der Waals surface area contributed by atoms with Gasteiger partial charge in [-0.15, -0.1) is 11.8 Å². The number of hydrogen-bond donors (Lipinski definition) is 0. The van der Waals surface area contributed by atoms with Crippen LogP contribution in [0.3, 0.4) is 0 Å². The number of esters is 1. The van der Waals surface area contributed by atoms with Crippen LogP contribution >= 0.6 is 23.4 Å². The molecular weight excluding hydrogens is 296 g/mol. The maximum absolute atomic E-state index is 12.2. The molecule has 110 valence electrons. The van der Waals surface area contributed by atoms with Gasteiger partial charge in [-0.05, 0) is 25.0 Å². The molecule has 0 saturated heterocycles. The second kappa shape index (κ2) is 8.32. The van der Waals surface area contributed by atoms with E-state index in [-0.39, 0.29) is 24.1 Å². The first kappa shape index (κ1) is 17.1. The van der Waals surface area contributed by atoms with Crippen LogP contribution in [0, 0.1) is 11.8 Å². The van der Waals surface area contributed by atoms with Gasteiger partial charge in [0.1, 0.15) is 5.92 Å². The number of carbonyl (C=O) groups excluding carboxylic acids is 2. The number of carbonyl (C=O) groups is 2. The molecule has 0 aliphatic carbocycles. The maximum Gasteiger partial charge on any atom is 0.316 e. The van der Waals surface area contributed by atoms with Gasteiger partial charge in [0, 0.05) is 4.90 Å². The summed E-state index contributed by atoms with van der Waals surface area (Å²) in [5.74, 6) is -1.13. The molecule has 0 aromatic heterocycles. The highest BCUT2D eigenvalue weighted by Gasteiger charge is 2.30. The topological polar surface area (TPSA) is 43.4 Å². The zero-order chi connectivity index (χ0) is 15.1. The van der Waals surface area contributed by atoms with Crippen LogP contribution in [0.1, 0.15) is 20.8 Å². The van der Waals surface area contributed by atoms with Gasteiger partial charge in [0.15, 0.2) is 5.78 Å². The molecule has 20 heavy (non-hydrogen) atoms. The second-order valence-corrected chi connectivity index (χ2v) is 6.08. The van der Waals surface area contributed by atoms with Crippen molar-refractivity contribution in [1.82, 2.24) is 0 Å². The Kier molecular flexibility index (Phi) is 7.10. The molecule has 0 heterocycles. The van der Waals surface area contributed by atoms with E-state index in [0.717, 1.165) is 4.90 Å². The Bertz CT molecular complexity index is 474. The third-order valence-electron chi connectivity index (χ3n) is 2.76. The SMILES string of the molecule is CCOC(=O)C(C(=O)CSc1ccccc1Cl)C(C)C. The molecule has 0 saturated carbocycles. The number of thioether (sulfide) groups is 1. The number of hydrogen-bond acceptors (Lipinski definition) is 4. The number of rotatable bonds is 7. The lowest BCUT2D eigenvalue weighted by Gasteiger charge is -2.17. The standard InChI is InChI=1S/C15H19ClO3S/c1-4-19-15(18)14(10(2)3)12(17)9-20-13-8-6-5-7-11(13)16/h5-8,10,14H,4,9H2,1-3H3. The lowest BCUT2D eigenvalue weighted by Crippen LogP contribution is -2.31. The molecule has 1 atom stereocenters. The van der Waals surface area contributed by atoms with E-state index in [4.69, 9.17) is 16.3 Å². The van der Waals surface area contributed by atoms with Gasteiger partial charge in [-0.1, -0.05) is 37.6 Å². The summed E-state index contributed by atoms with van der Waals surface area (Å²) in [7, 11) is 0. The van der Waals surface area contributed by atoms with Gasteiger partial charge >= 0.3 is 5.97 Å². The third kappa shape index (κ3) is 4.84. The third-order valence-corrected chi connectivity index (χ3v) is 4.30. The van der Waals surface area contributed by atoms with E-state index < -0.39 is 11.9 Å². The van der Waals surface area contributed by atoms with Gasteiger partial charge in [-0.2, -0.15) is 0 Å². The fraction of sp³-hybridized carbons (Fsp3) is 0.467. The van der Waals surface area contributed by atoms with Crippen LogP contribution in [0.4, 0.5) is 0 Å². The largest absolute Gasteiger partial charge is 0.465 e. The summed E-state index contributed by atoms with van der Waals surface area (Å²) in [5.41, 5.74) is 0. The number of halogens is 1. The highest BCUT2D eigenvalue weighted by molar-refractivity contribution is 8.00. The van der Waals surface area contributed by atoms with Crippen molar-refractivity contribution in [2.75, 3.05) is 12.4 Å². The molecule has 3 nitrogen and oxygen atoms in total. The molecule has 1 aromatic carbocycles. The fourth-order valence-corrected chi connectivity index (χ4v) is 2.97. The van der Waals surface area contributed by atoms with Crippen molar-refractivity contribution in [1.29, 1.82) is 0 Å². The van der Waals surface area contributed by atoms with Crippen LogP contribution < -0.4 is 0 Å². The number of ether oxygens (including phenoxy) is 1. The van der Waals surface area contributed by atoms with Crippen LogP contribution in [-0.4, -0.2) is 24.1 Å². The average Bonchev–Trinajstić information content (AvgIpc) is 2.37. The first-order chi connectivity index (χ1) is 9.47.